The molecule has 1 N–H and O–H groups in total. The van der Waals surface area contributed by atoms with Crippen LogP contribution in [0.5, 0.6) is 0 Å². The highest BCUT2D eigenvalue weighted by molar-refractivity contribution is 7.89. The summed E-state index contributed by atoms with van der Waals surface area (Å²) >= 11 is 6.02. The van der Waals surface area contributed by atoms with E-state index in [0.29, 0.717) is 10.7 Å². The lowest BCUT2D eigenvalue weighted by molar-refractivity contribution is -0.133. The van der Waals surface area contributed by atoms with Crippen LogP contribution in [0.15, 0.2) is 89.8 Å². The van der Waals surface area contributed by atoms with Gasteiger partial charge in [-0.15, -0.1) is 0 Å². The fourth-order valence-electron chi connectivity index (χ4n) is 4.04. The number of hydrogen-bond donors (Lipinski definition) is 1. The highest BCUT2D eigenvalue weighted by Gasteiger charge is 2.51. The minimum atomic E-state index is -3.99. The number of piperazine rings is 1. The summed E-state index contributed by atoms with van der Waals surface area (Å²) in [6, 6.07) is 23.8. The van der Waals surface area contributed by atoms with Crippen molar-refractivity contribution < 1.29 is 18.0 Å². The summed E-state index contributed by atoms with van der Waals surface area (Å²) in [5.41, 5.74) is -0.156. The van der Waals surface area contributed by atoms with Gasteiger partial charge in [0.2, 0.25) is 21.8 Å². The molecule has 0 spiro atoms. The Bertz CT molecular complexity index is 1280. The standard InChI is InChI=1S/C25H24ClN3O4S/c1-25(24(31)27-16-19-8-4-2-5-9-19)18-28(34(32,33)22-10-6-3-7-11-22)17-23(30)29(25)21-14-12-20(26)13-15-21/h2-15H,16-18H2,1H3,(H,27,31). The Labute approximate surface area is 204 Å². The van der Waals surface area contributed by atoms with Crippen LogP contribution in [-0.4, -0.2) is 43.2 Å². The monoisotopic (exact) mass is 497 g/mol. The van der Waals surface area contributed by atoms with Crippen LogP contribution in [0.3, 0.4) is 0 Å². The minimum Gasteiger partial charge on any atom is -0.350 e. The second-order valence-electron chi connectivity index (χ2n) is 8.23. The summed E-state index contributed by atoms with van der Waals surface area (Å²) in [6.07, 6.45) is 0. The number of anilines is 1. The van der Waals surface area contributed by atoms with Crippen molar-refractivity contribution in [2.45, 2.75) is 23.9 Å². The molecule has 0 aromatic heterocycles. The zero-order chi connectivity index (χ0) is 24.3. The molecule has 0 aliphatic carbocycles. The third kappa shape index (κ3) is 4.70. The molecule has 1 fully saturated rings. The molecule has 1 heterocycles. The van der Waals surface area contributed by atoms with E-state index in [2.05, 4.69) is 5.32 Å². The molecule has 1 aliphatic heterocycles. The van der Waals surface area contributed by atoms with Crippen molar-refractivity contribution in [3.63, 3.8) is 0 Å². The first-order valence-electron chi connectivity index (χ1n) is 10.7. The van der Waals surface area contributed by atoms with Crippen molar-refractivity contribution in [3.05, 3.63) is 95.5 Å². The van der Waals surface area contributed by atoms with E-state index in [-0.39, 0.29) is 24.5 Å². The first-order valence-corrected chi connectivity index (χ1v) is 12.5. The van der Waals surface area contributed by atoms with Crippen LogP contribution in [0.4, 0.5) is 5.69 Å². The summed E-state index contributed by atoms with van der Waals surface area (Å²) in [4.78, 5) is 28.3. The van der Waals surface area contributed by atoms with E-state index in [1.807, 2.05) is 30.3 Å². The maximum absolute atomic E-state index is 13.5. The molecular formula is C25H24ClN3O4S. The number of nitrogens with zero attached hydrogens (tertiary/aromatic N) is 2. The van der Waals surface area contributed by atoms with Crippen molar-refractivity contribution in [1.82, 2.24) is 9.62 Å². The van der Waals surface area contributed by atoms with Gasteiger partial charge in [0.1, 0.15) is 5.54 Å². The maximum Gasteiger partial charge on any atom is 0.247 e. The van der Waals surface area contributed by atoms with Crippen LogP contribution in [0, 0.1) is 0 Å². The highest BCUT2D eigenvalue weighted by atomic mass is 35.5. The molecule has 176 valence electrons. The number of halogens is 1. The minimum absolute atomic E-state index is 0.0646. The molecule has 1 unspecified atom stereocenters. The maximum atomic E-state index is 13.5. The van der Waals surface area contributed by atoms with E-state index in [9.17, 15) is 18.0 Å². The van der Waals surface area contributed by atoms with Gasteiger partial charge in [0.15, 0.2) is 0 Å². The van der Waals surface area contributed by atoms with E-state index in [4.69, 9.17) is 11.6 Å². The third-order valence-electron chi connectivity index (χ3n) is 5.79. The molecule has 4 rings (SSSR count). The predicted octanol–water partition coefficient (Wildman–Crippen LogP) is 3.45. The topological polar surface area (TPSA) is 86.8 Å². The SMILES string of the molecule is CC1(C(=O)NCc2ccccc2)CN(S(=O)(=O)c2ccccc2)CC(=O)N1c1ccc(Cl)cc1. The van der Waals surface area contributed by atoms with Gasteiger partial charge in [-0.1, -0.05) is 60.1 Å². The van der Waals surface area contributed by atoms with E-state index in [1.54, 1.807) is 49.4 Å². The van der Waals surface area contributed by atoms with Gasteiger partial charge in [-0.3, -0.25) is 14.5 Å². The van der Waals surface area contributed by atoms with Gasteiger partial charge in [0.05, 0.1) is 11.4 Å². The van der Waals surface area contributed by atoms with Crippen molar-refractivity contribution in [1.29, 1.82) is 0 Å². The lowest BCUT2D eigenvalue weighted by Gasteiger charge is -2.46. The molecule has 7 nitrogen and oxygen atoms in total. The Hall–Kier alpha value is -3.20. The van der Waals surface area contributed by atoms with Crippen LogP contribution in [0.25, 0.3) is 0 Å². The molecule has 34 heavy (non-hydrogen) atoms. The molecule has 2 amide bonds. The van der Waals surface area contributed by atoms with Crippen LogP contribution in [0.2, 0.25) is 5.02 Å². The molecule has 1 aliphatic rings. The number of amides is 2. The van der Waals surface area contributed by atoms with Gasteiger partial charge < -0.3 is 5.32 Å². The first kappa shape index (κ1) is 23.9. The average Bonchev–Trinajstić information content (AvgIpc) is 2.84. The molecule has 1 saturated heterocycles. The Morgan fingerprint density at radius 2 is 1.56 bits per heavy atom. The van der Waals surface area contributed by atoms with Crippen LogP contribution in [-0.2, 0) is 26.2 Å². The van der Waals surface area contributed by atoms with Gasteiger partial charge in [-0.05, 0) is 48.9 Å². The van der Waals surface area contributed by atoms with Crippen LogP contribution < -0.4 is 10.2 Å². The Morgan fingerprint density at radius 1 is 0.971 bits per heavy atom. The number of sulfonamides is 1. The van der Waals surface area contributed by atoms with Crippen molar-refractivity contribution >= 4 is 39.1 Å². The largest absolute Gasteiger partial charge is 0.350 e. The molecule has 0 saturated carbocycles. The van der Waals surface area contributed by atoms with Crippen LogP contribution in [0.1, 0.15) is 12.5 Å². The number of benzene rings is 3. The van der Waals surface area contributed by atoms with Crippen molar-refractivity contribution in [3.8, 4) is 0 Å². The number of carbonyl (C=O) groups excluding carboxylic acids is 2. The lowest BCUT2D eigenvalue weighted by atomic mass is 9.94. The number of hydrogen-bond acceptors (Lipinski definition) is 4. The Morgan fingerprint density at radius 3 is 2.18 bits per heavy atom. The van der Waals surface area contributed by atoms with Gasteiger partial charge in [0, 0.05) is 23.8 Å². The summed E-state index contributed by atoms with van der Waals surface area (Å²) in [6.45, 7) is 1.22. The summed E-state index contributed by atoms with van der Waals surface area (Å²) in [5, 5.41) is 3.36. The molecule has 0 bridgehead atoms. The summed E-state index contributed by atoms with van der Waals surface area (Å²) in [7, 11) is -3.99. The third-order valence-corrected chi connectivity index (χ3v) is 7.85. The summed E-state index contributed by atoms with van der Waals surface area (Å²) < 4.78 is 27.7. The average molecular weight is 498 g/mol. The van der Waals surface area contributed by atoms with Crippen molar-refractivity contribution in [2.24, 2.45) is 0 Å². The van der Waals surface area contributed by atoms with Gasteiger partial charge >= 0.3 is 0 Å². The molecular weight excluding hydrogens is 474 g/mol. The highest BCUT2D eigenvalue weighted by Crippen LogP contribution is 2.33. The van der Waals surface area contributed by atoms with Gasteiger partial charge in [-0.2, -0.15) is 4.31 Å². The summed E-state index contributed by atoms with van der Waals surface area (Å²) in [5.74, 6) is -0.974. The van der Waals surface area contributed by atoms with Gasteiger partial charge in [0.25, 0.3) is 0 Å². The van der Waals surface area contributed by atoms with Crippen LogP contribution >= 0.6 is 11.6 Å². The zero-order valence-electron chi connectivity index (χ0n) is 18.5. The lowest BCUT2D eigenvalue weighted by Crippen LogP contribution is -2.70. The normalized spacial score (nSPS) is 19.1. The second kappa shape index (κ2) is 9.58. The van der Waals surface area contributed by atoms with E-state index in [1.165, 1.54) is 17.0 Å². The number of nitrogens with one attached hydrogen (secondary N) is 1. The fraction of sp³-hybridized carbons (Fsp3) is 0.200. The molecule has 1 atom stereocenters. The number of rotatable bonds is 6. The second-order valence-corrected chi connectivity index (χ2v) is 10.6. The van der Waals surface area contributed by atoms with E-state index >= 15 is 0 Å². The van der Waals surface area contributed by atoms with E-state index < -0.39 is 27.4 Å². The van der Waals surface area contributed by atoms with Crippen molar-refractivity contribution in [2.75, 3.05) is 18.0 Å². The Balaban J connectivity index is 1.70. The zero-order valence-corrected chi connectivity index (χ0v) is 20.1. The first-order chi connectivity index (χ1) is 16.2. The number of carbonyl (C=O) groups is 2. The van der Waals surface area contributed by atoms with E-state index in [0.717, 1.165) is 9.87 Å². The fourth-order valence-corrected chi connectivity index (χ4v) is 5.67. The quantitative estimate of drug-likeness (QED) is 0.565. The Kier molecular flexibility index (Phi) is 6.74. The molecule has 3 aromatic rings. The molecule has 0 radical (unpaired) electrons. The van der Waals surface area contributed by atoms with Gasteiger partial charge in [-0.25, -0.2) is 8.42 Å². The molecule has 3 aromatic carbocycles. The smallest absolute Gasteiger partial charge is 0.247 e. The molecule has 9 heteroatoms. The predicted molar refractivity (Wildman–Crippen MR) is 131 cm³/mol.